The van der Waals surface area contributed by atoms with Crippen LogP contribution in [0, 0.1) is 5.92 Å². The van der Waals surface area contributed by atoms with Crippen molar-refractivity contribution >= 4 is 0 Å². The average molecular weight is 273 g/mol. The van der Waals surface area contributed by atoms with Crippen LogP contribution in [0.25, 0.3) is 0 Å². The summed E-state index contributed by atoms with van der Waals surface area (Å²) < 4.78 is 5.43. The molecule has 0 radical (unpaired) electrons. The van der Waals surface area contributed by atoms with E-state index in [1.165, 1.54) is 0 Å². The van der Waals surface area contributed by atoms with Crippen molar-refractivity contribution in [1.82, 2.24) is 0 Å². The van der Waals surface area contributed by atoms with Gasteiger partial charge >= 0.3 is 0 Å². The zero-order chi connectivity index (χ0) is 14.8. The Bertz CT molecular complexity index is 447. The van der Waals surface area contributed by atoms with Gasteiger partial charge in [0.15, 0.2) is 0 Å². The molecule has 0 amide bonds. The number of hydrogen-bond acceptors (Lipinski definition) is 3. The monoisotopic (exact) mass is 273 g/mol. The van der Waals surface area contributed by atoms with Crippen molar-refractivity contribution in [2.24, 2.45) is 11.7 Å². The van der Waals surface area contributed by atoms with Gasteiger partial charge in [-0.1, -0.05) is 36.9 Å². The van der Waals surface area contributed by atoms with Crippen LogP contribution in [0.4, 0.5) is 0 Å². The van der Waals surface area contributed by atoms with Gasteiger partial charge in [-0.15, -0.1) is 12.3 Å². The molecule has 2 atom stereocenters. The Balaban J connectivity index is 2.61. The molecule has 3 nitrogen and oxygen atoms in total. The summed E-state index contributed by atoms with van der Waals surface area (Å²) in [6.45, 7) is 8.72. The van der Waals surface area contributed by atoms with Crippen molar-refractivity contribution in [3.05, 3.63) is 66.4 Å². The van der Waals surface area contributed by atoms with E-state index in [1.54, 1.807) is 6.08 Å². The number of ether oxygens (including phenoxy) is 1. The minimum Gasteiger partial charge on any atom is -0.388 e. The number of benzene rings is 1. The summed E-state index contributed by atoms with van der Waals surface area (Å²) in [6, 6.07) is 7.69. The van der Waals surface area contributed by atoms with Gasteiger partial charge in [0.05, 0.1) is 19.3 Å². The fraction of sp³-hybridized carbons (Fsp3) is 0.353. The van der Waals surface area contributed by atoms with Gasteiger partial charge in [0.2, 0.25) is 0 Å². The van der Waals surface area contributed by atoms with Crippen molar-refractivity contribution < 1.29 is 9.84 Å². The third kappa shape index (κ3) is 5.55. The topological polar surface area (TPSA) is 55.5 Å². The van der Waals surface area contributed by atoms with Crippen LogP contribution >= 0.6 is 0 Å². The van der Waals surface area contributed by atoms with Crippen molar-refractivity contribution in [2.75, 3.05) is 13.2 Å². The third-order valence-electron chi connectivity index (χ3n) is 3.05. The highest BCUT2D eigenvalue weighted by molar-refractivity contribution is 5.24. The first-order chi connectivity index (χ1) is 9.71. The first kappa shape index (κ1) is 16.4. The van der Waals surface area contributed by atoms with E-state index in [9.17, 15) is 5.11 Å². The van der Waals surface area contributed by atoms with Crippen LogP contribution < -0.4 is 5.73 Å². The maximum absolute atomic E-state index is 10.3. The molecule has 20 heavy (non-hydrogen) atoms. The highest BCUT2D eigenvalue weighted by Gasteiger charge is 2.14. The van der Waals surface area contributed by atoms with Crippen LogP contribution in [-0.4, -0.2) is 18.3 Å². The lowest BCUT2D eigenvalue weighted by Gasteiger charge is -2.17. The smallest absolute Gasteiger partial charge is 0.0796 e. The van der Waals surface area contributed by atoms with Crippen LogP contribution in [0.5, 0.6) is 0 Å². The molecular weight excluding hydrogens is 250 g/mol. The Morgan fingerprint density at radius 2 is 2.05 bits per heavy atom. The molecule has 0 aliphatic carbocycles. The molecule has 0 heterocycles. The predicted molar refractivity (Wildman–Crippen MR) is 82.1 cm³/mol. The molecule has 3 N–H and O–H groups in total. The molecule has 3 heteroatoms. The second-order valence-electron chi connectivity index (χ2n) is 4.65. The van der Waals surface area contributed by atoms with E-state index >= 15 is 0 Å². The Morgan fingerprint density at radius 3 is 2.60 bits per heavy atom. The third-order valence-corrected chi connectivity index (χ3v) is 3.05. The minimum atomic E-state index is -0.538. The van der Waals surface area contributed by atoms with Gasteiger partial charge in [0.25, 0.3) is 0 Å². The van der Waals surface area contributed by atoms with Crippen molar-refractivity contribution in [1.29, 1.82) is 0 Å². The molecule has 0 saturated carbocycles. The van der Waals surface area contributed by atoms with Crippen LogP contribution in [0.3, 0.4) is 0 Å². The molecular formula is C17H23NO2. The molecule has 1 aromatic carbocycles. The van der Waals surface area contributed by atoms with E-state index in [-0.39, 0.29) is 5.92 Å². The molecule has 0 aliphatic rings. The first-order valence-corrected chi connectivity index (χ1v) is 6.72. The van der Waals surface area contributed by atoms with Gasteiger partial charge < -0.3 is 15.6 Å². The van der Waals surface area contributed by atoms with Crippen LogP contribution in [0.2, 0.25) is 0 Å². The fourth-order valence-corrected chi connectivity index (χ4v) is 1.95. The Hall–Kier alpha value is -1.64. The number of aliphatic hydroxyl groups excluding tert-OH is 1. The highest BCUT2D eigenvalue weighted by Crippen LogP contribution is 2.22. The summed E-state index contributed by atoms with van der Waals surface area (Å²) in [6.07, 6.45) is 3.57. The van der Waals surface area contributed by atoms with Crippen molar-refractivity contribution in [3.63, 3.8) is 0 Å². The second kappa shape index (κ2) is 9.29. The van der Waals surface area contributed by atoms with E-state index in [1.807, 2.05) is 30.3 Å². The van der Waals surface area contributed by atoms with Gasteiger partial charge in [-0.2, -0.15) is 0 Å². The Morgan fingerprint density at radius 1 is 1.35 bits per heavy atom. The summed E-state index contributed by atoms with van der Waals surface area (Å²) in [5.74, 6) is 0.0802. The van der Waals surface area contributed by atoms with Gasteiger partial charge in [-0.25, -0.2) is 0 Å². The van der Waals surface area contributed by atoms with Crippen LogP contribution in [-0.2, 0) is 11.3 Å². The van der Waals surface area contributed by atoms with Gasteiger partial charge in [0.1, 0.15) is 0 Å². The predicted octanol–water partition coefficient (Wildman–Crippen LogP) is 2.73. The largest absolute Gasteiger partial charge is 0.388 e. The zero-order valence-electron chi connectivity index (χ0n) is 11.8. The summed E-state index contributed by atoms with van der Waals surface area (Å²) in [5, 5.41) is 10.3. The number of nitrogens with two attached hydrogens (primary N) is 1. The highest BCUT2D eigenvalue weighted by atomic mass is 16.5. The summed E-state index contributed by atoms with van der Waals surface area (Å²) >= 11 is 0. The molecule has 2 unspecified atom stereocenters. The fourth-order valence-electron chi connectivity index (χ4n) is 1.95. The van der Waals surface area contributed by atoms with Gasteiger partial charge in [0, 0.05) is 12.5 Å². The quantitative estimate of drug-likeness (QED) is 0.413. The normalized spacial score (nSPS) is 13.3. The van der Waals surface area contributed by atoms with E-state index in [2.05, 4.69) is 18.9 Å². The number of rotatable bonds is 9. The SMILES string of the molecule is C=C=CC(COCC=C)CC(O)c1ccc(CN)cc1. The molecule has 1 aromatic rings. The molecule has 0 bridgehead atoms. The molecule has 0 aliphatic heterocycles. The lowest BCUT2D eigenvalue weighted by Crippen LogP contribution is -2.12. The minimum absolute atomic E-state index is 0.0802. The van der Waals surface area contributed by atoms with Crippen LogP contribution in [0.1, 0.15) is 23.7 Å². The summed E-state index contributed by atoms with van der Waals surface area (Å²) in [4.78, 5) is 0. The lowest BCUT2D eigenvalue weighted by atomic mass is 9.96. The number of aliphatic hydroxyl groups is 1. The van der Waals surface area contributed by atoms with E-state index in [4.69, 9.17) is 10.5 Å². The molecule has 108 valence electrons. The maximum Gasteiger partial charge on any atom is 0.0796 e. The zero-order valence-corrected chi connectivity index (χ0v) is 11.8. The van der Waals surface area contributed by atoms with E-state index in [0.717, 1.165) is 11.1 Å². The first-order valence-electron chi connectivity index (χ1n) is 6.72. The maximum atomic E-state index is 10.3. The molecule has 0 spiro atoms. The van der Waals surface area contributed by atoms with Crippen LogP contribution in [0.15, 0.2) is 55.3 Å². The molecule has 0 saturated heterocycles. The lowest BCUT2D eigenvalue weighted by molar-refractivity contribution is 0.0969. The standard InChI is InChI=1S/C17H23NO2/c1-3-5-15(13-20-10-4-2)11-17(19)16-8-6-14(12-18)7-9-16/h4-9,15,17,19H,1-2,10-13,18H2. The number of hydrogen-bond donors (Lipinski definition) is 2. The van der Waals surface area contributed by atoms with Crippen molar-refractivity contribution in [2.45, 2.75) is 19.1 Å². The summed E-state index contributed by atoms with van der Waals surface area (Å²) in [5.41, 5.74) is 10.3. The van der Waals surface area contributed by atoms with E-state index < -0.39 is 6.10 Å². The van der Waals surface area contributed by atoms with E-state index in [0.29, 0.717) is 26.2 Å². The molecule has 0 fully saturated rings. The molecule has 0 aromatic heterocycles. The summed E-state index contributed by atoms with van der Waals surface area (Å²) in [7, 11) is 0. The average Bonchev–Trinajstić information content (AvgIpc) is 2.47. The van der Waals surface area contributed by atoms with Gasteiger partial charge in [-0.05, 0) is 23.6 Å². The second-order valence-corrected chi connectivity index (χ2v) is 4.65. The van der Waals surface area contributed by atoms with Gasteiger partial charge in [-0.3, -0.25) is 0 Å². The Labute approximate surface area is 121 Å². The van der Waals surface area contributed by atoms with Crippen molar-refractivity contribution in [3.8, 4) is 0 Å². The molecule has 1 rings (SSSR count). The Kier molecular flexibility index (Phi) is 7.63.